The highest BCUT2D eigenvalue weighted by Crippen LogP contribution is 2.07. The Hall–Kier alpha value is -1.16. The van der Waals surface area contributed by atoms with E-state index in [1.165, 1.54) is 0 Å². The van der Waals surface area contributed by atoms with Crippen LogP contribution in [0, 0.1) is 0 Å². The van der Waals surface area contributed by atoms with Crippen molar-refractivity contribution in [2.24, 2.45) is 4.99 Å². The maximum atomic E-state index is 4.21. The molecule has 0 atom stereocenters. The van der Waals surface area contributed by atoms with Gasteiger partial charge in [-0.1, -0.05) is 49.1 Å². The van der Waals surface area contributed by atoms with E-state index in [0.717, 1.165) is 9.14 Å². The van der Waals surface area contributed by atoms with Crippen LogP contribution in [0.2, 0.25) is 0 Å². The van der Waals surface area contributed by atoms with Gasteiger partial charge in [0.05, 0.1) is 0 Å². The molecule has 2 heteroatoms. The number of allylic oxidation sites excluding steroid dienone is 4. The largest absolute Gasteiger partial charge is 0.263 e. The minimum atomic E-state index is 1.07. The molecule has 15 heavy (non-hydrogen) atoms. The van der Waals surface area contributed by atoms with E-state index in [2.05, 4.69) is 34.2 Å². The lowest BCUT2D eigenvalue weighted by atomic mass is 10.2. The van der Waals surface area contributed by atoms with E-state index in [1.54, 1.807) is 6.08 Å². The standard InChI is InChI=1S/C13H12IN/c1-2-3-9-13(14)11-15-10-12-7-5-4-6-8-12/h2-11H,1H2/b9-3-,13-11+,15-10+. The van der Waals surface area contributed by atoms with Crippen LogP contribution in [0.5, 0.6) is 0 Å². The molecule has 1 rings (SSSR count). The Balaban J connectivity index is 2.59. The molecule has 0 fully saturated rings. The summed E-state index contributed by atoms with van der Waals surface area (Å²) in [6, 6.07) is 10.0. The van der Waals surface area contributed by atoms with Crippen molar-refractivity contribution in [2.75, 3.05) is 0 Å². The number of rotatable bonds is 4. The number of aliphatic imine (C=N–C) groups is 1. The van der Waals surface area contributed by atoms with Gasteiger partial charge in [-0.05, 0) is 34.2 Å². The Morgan fingerprint density at radius 3 is 2.67 bits per heavy atom. The fraction of sp³-hybridized carbons (Fsp3) is 0. The van der Waals surface area contributed by atoms with Gasteiger partial charge in [0.2, 0.25) is 0 Å². The van der Waals surface area contributed by atoms with Gasteiger partial charge in [-0.15, -0.1) is 0 Å². The van der Waals surface area contributed by atoms with Crippen molar-refractivity contribution >= 4 is 28.8 Å². The van der Waals surface area contributed by atoms with E-state index in [9.17, 15) is 0 Å². The minimum Gasteiger partial charge on any atom is -0.263 e. The SMILES string of the molecule is C=C\C=C/C(I)=C\N=C\c1ccccc1. The van der Waals surface area contributed by atoms with Gasteiger partial charge in [0, 0.05) is 16.0 Å². The lowest BCUT2D eigenvalue weighted by Gasteiger charge is -1.88. The maximum absolute atomic E-state index is 4.21. The van der Waals surface area contributed by atoms with Crippen molar-refractivity contribution < 1.29 is 0 Å². The zero-order chi connectivity index (χ0) is 10.9. The predicted octanol–water partition coefficient (Wildman–Crippen LogP) is 4.12. The summed E-state index contributed by atoms with van der Waals surface area (Å²) < 4.78 is 1.07. The van der Waals surface area contributed by atoms with Crippen molar-refractivity contribution in [1.82, 2.24) is 0 Å². The zero-order valence-electron chi connectivity index (χ0n) is 8.31. The molecule has 1 aromatic rings. The Bertz CT molecular complexity index is 388. The number of benzene rings is 1. The van der Waals surface area contributed by atoms with Crippen molar-refractivity contribution in [3.05, 3.63) is 70.5 Å². The number of halogens is 1. The third-order valence-electron chi connectivity index (χ3n) is 1.61. The Labute approximate surface area is 104 Å². The first-order valence-corrected chi connectivity index (χ1v) is 5.64. The first-order chi connectivity index (χ1) is 7.33. The van der Waals surface area contributed by atoms with Crippen molar-refractivity contribution in [3.63, 3.8) is 0 Å². The van der Waals surface area contributed by atoms with Gasteiger partial charge in [-0.25, -0.2) is 0 Å². The van der Waals surface area contributed by atoms with Gasteiger partial charge >= 0.3 is 0 Å². The average Bonchev–Trinajstić information content (AvgIpc) is 2.28. The highest BCUT2D eigenvalue weighted by molar-refractivity contribution is 14.1. The molecule has 0 aliphatic rings. The smallest absolute Gasteiger partial charge is 0.0401 e. The highest BCUT2D eigenvalue weighted by atomic mass is 127. The summed E-state index contributed by atoms with van der Waals surface area (Å²) in [6.07, 6.45) is 9.23. The van der Waals surface area contributed by atoms with E-state index in [-0.39, 0.29) is 0 Å². The van der Waals surface area contributed by atoms with Crippen LogP contribution >= 0.6 is 22.6 Å². The van der Waals surface area contributed by atoms with E-state index in [4.69, 9.17) is 0 Å². The monoisotopic (exact) mass is 309 g/mol. The molecule has 0 unspecified atom stereocenters. The normalized spacial score (nSPS) is 12.5. The van der Waals surface area contributed by atoms with Gasteiger partial charge in [0.1, 0.15) is 0 Å². The summed E-state index contributed by atoms with van der Waals surface area (Å²) in [5.41, 5.74) is 1.10. The van der Waals surface area contributed by atoms with Gasteiger partial charge in [0.15, 0.2) is 0 Å². The summed E-state index contributed by atoms with van der Waals surface area (Å²) in [5.74, 6) is 0. The van der Waals surface area contributed by atoms with Crippen LogP contribution in [0.15, 0.2) is 69.9 Å². The van der Waals surface area contributed by atoms with Crippen molar-refractivity contribution in [2.45, 2.75) is 0 Å². The minimum absolute atomic E-state index is 1.07. The average molecular weight is 309 g/mol. The molecule has 0 spiro atoms. The zero-order valence-corrected chi connectivity index (χ0v) is 10.5. The fourth-order valence-electron chi connectivity index (χ4n) is 0.937. The van der Waals surface area contributed by atoms with Crippen LogP contribution in [0.4, 0.5) is 0 Å². The Kier molecular flexibility index (Phi) is 5.70. The maximum Gasteiger partial charge on any atom is 0.0401 e. The number of nitrogens with zero attached hydrogens (tertiary/aromatic N) is 1. The van der Waals surface area contributed by atoms with Gasteiger partial charge in [-0.3, -0.25) is 4.99 Å². The molecule has 0 aliphatic heterocycles. The van der Waals surface area contributed by atoms with E-state index < -0.39 is 0 Å². The van der Waals surface area contributed by atoms with Crippen molar-refractivity contribution in [1.29, 1.82) is 0 Å². The molecular weight excluding hydrogens is 297 g/mol. The molecule has 0 aromatic heterocycles. The summed E-state index contributed by atoms with van der Waals surface area (Å²) in [6.45, 7) is 3.60. The van der Waals surface area contributed by atoms with Crippen LogP contribution < -0.4 is 0 Å². The van der Waals surface area contributed by atoms with Crippen LogP contribution in [0.3, 0.4) is 0 Å². The van der Waals surface area contributed by atoms with Crippen LogP contribution in [0.1, 0.15) is 5.56 Å². The second-order valence-corrected chi connectivity index (χ2v) is 4.04. The summed E-state index contributed by atoms with van der Waals surface area (Å²) in [5, 5.41) is 0. The molecule has 1 aromatic carbocycles. The first-order valence-electron chi connectivity index (χ1n) is 4.56. The second-order valence-electron chi connectivity index (χ2n) is 2.80. The van der Waals surface area contributed by atoms with Crippen LogP contribution in [0.25, 0.3) is 0 Å². The summed E-state index contributed by atoms with van der Waals surface area (Å²) in [4.78, 5) is 4.21. The molecule has 0 aliphatic carbocycles. The molecule has 76 valence electrons. The Morgan fingerprint density at radius 1 is 1.27 bits per heavy atom. The Morgan fingerprint density at radius 2 is 2.00 bits per heavy atom. The quantitative estimate of drug-likeness (QED) is 0.451. The predicted molar refractivity (Wildman–Crippen MR) is 75.5 cm³/mol. The van der Waals surface area contributed by atoms with Crippen molar-refractivity contribution in [3.8, 4) is 0 Å². The third kappa shape index (κ3) is 5.32. The fourth-order valence-corrected chi connectivity index (χ4v) is 1.31. The van der Waals surface area contributed by atoms with E-state index in [0.29, 0.717) is 0 Å². The molecular formula is C13H12IN. The first kappa shape index (κ1) is 11.9. The van der Waals surface area contributed by atoms with Crippen LogP contribution in [-0.4, -0.2) is 6.21 Å². The second kappa shape index (κ2) is 7.17. The molecule has 0 radical (unpaired) electrons. The van der Waals surface area contributed by atoms with Crippen LogP contribution in [-0.2, 0) is 0 Å². The van der Waals surface area contributed by atoms with Gasteiger partial charge < -0.3 is 0 Å². The molecule has 0 amide bonds. The molecule has 0 heterocycles. The molecule has 0 bridgehead atoms. The molecule has 1 nitrogen and oxygen atoms in total. The number of hydrogen-bond donors (Lipinski definition) is 0. The van der Waals surface area contributed by atoms with Gasteiger partial charge in [0.25, 0.3) is 0 Å². The lowest BCUT2D eigenvalue weighted by Crippen LogP contribution is -1.76. The molecule has 0 saturated heterocycles. The number of hydrogen-bond acceptors (Lipinski definition) is 1. The van der Waals surface area contributed by atoms with E-state index >= 15 is 0 Å². The summed E-state index contributed by atoms with van der Waals surface area (Å²) >= 11 is 2.22. The molecule has 0 saturated carbocycles. The third-order valence-corrected chi connectivity index (χ3v) is 2.25. The van der Waals surface area contributed by atoms with E-state index in [1.807, 2.05) is 54.9 Å². The van der Waals surface area contributed by atoms with Gasteiger partial charge in [-0.2, -0.15) is 0 Å². The summed E-state index contributed by atoms with van der Waals surface area (Å²) in [7, 11) is 0. The molecule has 0 N–H and O–H groups in total. The topological polar surface area (TPSA) is 12.4 Å². The highest BCUT2D eigenvalue weighted by Gasteiger charge is 1.82. The lowest BCUT2D eigenvalue weighted by molar-refractivity contribution is 1.56.